The molecule has 1 spiro atoms. The van der Waals surface area contributed by atoms with E-state index >= 15 is 0 Å². The van der Waals surface area contributed by atoms with Gasteiger partial charge in [-0.2, -0.15) is 0 Å². The molecule has 5 nitrogen and oxygen atoms in total. The van der Waals surface area contributed by atoms with Gasteiger partial charge in [0, 0.05) is 17.4 Å². The lowest BCUT2D eigenvalue weighted by Gasteiger charge is -2.41. The minimum atomic E-state index is -1.72. The average molecular weight is 470 g/mol. The molecular formula is C23H26Cl2FNO4. The summed E-state index contributed by atoms with van der Waals surface area (Å²) < 4.78 is 38.8. The van der Waals surface area contributed by atoms with E-state index in [0.29, 0.717) is 51.9 Å². The van der Waals surface area contributed by atoms with Crippen molar-refractivity contribution in [2.75, 3.05) is 13.2 Å². The van der Waals surface area contributed by atoms with Crippen molar-refractivity contribution in [3.05, 3.63) is 39.6 Å². The highest BCUT2D eigenvalue weighted by Gasteiger charge is 2.58. The standard InChI is InChI=1S/C23H26Cl2FNO4/c1-22(2,26)21-16(20(27-31-21)19-17(24)4-3-5-18(19)25)12-28-15-10-13-6-7-14(11-15)23(13)29-8-9-30-23/h3-5,13-15H,6-12H2,1-2H3/t13-,14+,15-. The molecule has 3 atom stereocenters. The van der Waals surface area contributed by atoms with Crippen molar-refractivity contribution in [3.8, 4) is 11.3 Å². The summed E-state index contributed by atoms with van der Waals surface area (Å²) in [4.78, 5) is 0. The van der Waals surface area contributed by atoms with E-state index < -0.39 is 11.5 Å². The first-order valence-electron chi connectivity index (χ1n) is 10.8. The fourth-order valence-corrected chi connectivity index (χ4v) is 6.09. The molecule has 168 valence electrons. The van der Waals surface area contributed by atoms with Gasteiger partial charge in [-0.15, -0.1) is 0 Å². The summed E-state index contributed by atoms with van der Waals surface area (Å²) in [5.74, 6) is 0.377. The molecule has 0 unspecified atom stereocenters. The fraction of sp³-hybridized carbons (Fsp3) is 0.609. The molecule has 8 heteroatoms. The molecule has 5 rings (SSSR count). The highest BCUT2D eigenvalue weighted by atomic mass is 35.5. The smallest absolute Gasteiger partial charge is 0.179 e. The first-order chi connectivity index (χ1) is 14.8. The van der Waals surface area contributed by atoms with Gasteiger partial charge in [0.25, 0.3) is 0 Å². The van der Waals surface area contributed by atoms with Crippen LogP contribution in [0.4, 0.5) is 4.39 Å². The normalized spacial score (nSPS) is 27.3. The lowest BCUT2D eigenvalue weighted by Crippen LogP contribution is -2.47. The van der Waals surface area contributed by atoms with Crippen LogP contribution in [0.1, 0.15) is 50.9 Å². The second kappa shape index (κ2) is 7.99. The summed E-state index contributed by atoms with van der Waals surface area (Å²) in [6.45, 7) is 4.37. The van der Waals surface area contributed by atoms with E-state index in [0.717, 1.165) is 25.7 Å². The SMILES string of the molecule is CC(C)(F)c1onc(-c2c(Cl)cccc2Cl)c1CO[C@@H]1C[C@H]2CC[C@@H](C1)C21OCCO1. The Morgan fingerprint density at radius 2 is 1.74 bits per heavy atom. The zero-order valence-corrected chi connectivity index (χ0v) is 19.1. The van der Waals surface area contributed by atoms with Gasteiger partial charge in [-0.25, -0.2) is 4.39 Å². The molecule has 1 saturated heterocycles. The van der Waals surface area contributed by atoms with Crippen LogP contribution in [-0.2, 0) is 26.5 Å². The quantitative estimate of drug-likeness (QED) is 0.513. The topological polar surface area (TPSA) is 53.7 Å². The Morgan fingerprint density at radius 1 is 1.13 bits per heavy atom. The van der Waals surface area contributed by atoms with Gasteiger partial charge in [0.2, 0.25) is 0 Å². The number of hydrogen-bond donors (Lipinski definition) is 0. The second-order valence-electron chi connectivity index (χ2n) is 9.20. The average Bonchev–Trinajstić information content (AvgIpc) is 3.39. The Bertz CT molecular complexity index is 931. The van der Waals surface area contributed by atoms with Crippen molar-refractivity contribution in [3.63, 3.8) is 0 Å². The van der Waals surface area contributed by atoms with Gasteiger partial charge in [0.1, 0.15) is 5.69 Å². The van der Waals surface area contributed by atoms with Crippen LogP contribution in [0.25, 0.3) is 11.3 Å². The zero-order valence-electron chi connectivity index (χ0n) is 17.6. The van der Waals surface area contributed by atoms with Crippen LogP contribution in [0.2, 0.25) is 10.0 Å². The van der Waals surface area contributed by atoms with Crippen molar-refractivity contribution >= 4 is 23.2 Å². The van der Waals surface area contributed by atoms with Crippen molar-refractivity contribution in [1.82, 2.24) is 5.16 Å². The van der Waals surface area contributed by atoms with Gasteiger partial charge in [-0.1, -0.05) is 34.4 Å². The van der Waals surface area contributed by atoms with E-state index in [4.69, 9.17) is 41.9 Å². The molecule has 2 aliphatic carbocycles. The maximum atomic E-state index is 14.9. The zero-order chi connectivity index (χ0) is 21.8. The number of ether oxygens (including phenoxy) is 3. The van der Waals surface area contributed by atoms with Gasteiger partial charge in [-0.05, 0) is 51.7 Å². The molecule has 2 heterocycles. The molecule has 1 aromatic heterocycles. The highest BCUT2D eigenvalue weighted by Crippen LogP contribution is 2.54. The van der Waals surface area contributed by atoms with Crippen LogP contribution in [0.5, 0.6) is 0 Å². The molecule has 3 fully saturated rings. The Hall–Kier alpha value is -1.18. The number of nitrogens with zero attached hydrogens (tertiary/aromatic N) is 1. The molecule has 0 N–H and O–H groups in total. The van der Waals surface area contributed by atoms with Gasteiger partial charge < -0.3 is 18.7 Å². The van der Waals surface area contributed by atoms with Crippen molar-refractivity contribution in [2.45, 2.75) is 63.7 Å². The second-order valence-corrected chi connectivity index (χ2v) is 10.0. The molecule has 31 heavy (non-hydrogen) atoms. The van der Waals surface area contributed by atoms with E-state index in [2.05, 4.69) is 5.16 Å². The fourth-order valence-electron chi connectivity index (χ4n) is 5.52. The molecule has 0 amide bonds. The molecule has 0 radical (unpaired) electrons. The summed E-state index contributed by atoms with van der Waals surface area (Å²) in [6.07, 6.45) is 3.93. The van der Waals surface area contributed by atoms with Gasteiger partial charge >= 0.3 is 0 Å². The Morgan fingerprint density at radius 3 is 2.32 bits per heavy atom. The lowest BCUT2D eigenvalue weighted by molar-refractivity contribution is -0.238. The first kappa shape index (κ1) is 21.7. The van der Waals surface area contributed by atoms with Crippen LogP contribution in [-0.4, -0.2) is 30.3 Å². The predicted molar refractivity (Wildman–Crippen MR) is 115 cm³/mol. The number of benzene rings is 1. The first-order valence-corrected chi connectivity index (χ1v) is 11.6. The van der Waals surface area contributed by atoms with E-state index in [9.17, 15) is 4.39 Å². The summed E-state index contributed by atoms with van der Waals surface area (Å²) in [5, 5.41) is 4.99. The number of aromatic nitrogens is 1. The summed E-state index contributed by atoms with van der Waals surface area (Å²) in [7, 11) is 0. The largest absolute Gasteiger partial charge is 0.373 e. The number of halogens is 3. The Kier molecular flexibility index (Phi) is 5.58. The van der Waals surface area contributed by atoms with Crippen molar-refractivity contribution < 1.29 is 23.1 Å². The maximum Gasteiger partial charge on any atom is 0.179 e. The summed E-state index contributed by atoms with van der Waals surface area (Å²) >= 11 is 12.8. The number of rotatable bonds is 5. The van der Waals surface area contributed by atoms with Gasteiger partial charge in [-0.3, -0.25) is 0 Å². The van der Waals surface area contributed by atoms with E-state index in [1.165, 1.54) is 13.8 Å². The number of hydrogen-bond acceptors (Lipinski definition) is 5. The third-order valence-electron chi connectivity index (χ3n) is 6.83. The third-order valence-corrected chi connectivity index (χ3v) is 7.46. The molecule has 2 bridgehead atoms. The molecular weight excluding hydrogens is 444 g/mol. The molecule has 2 aromatic rings. The van der Waals surface area contributed by atoms with Crippen LogP contribution >= 0.6 is 23.2 Å². The highest BCUT2D eigenvalue weighted by molar-refractivity contribution is 6.39. The van der Waals surface area contributed by atoms with Gasteiger partial charge in [0.15, 0.2) is 17.2 Å². The van der Waals surface area contributed by atoms with Gasteiger partial charge in [0.05, 0.1) is 41.5 Å². The molecule has 2 saturated carbocycles. The molecule has 3 aliphatic rings. The van der Waals surface area contributed by atoms with Crippen molar-refractivity contribution in [1.29, 1.82) is 0 Å². The Balaban J connectivity index is 1.40. The molecule has 1 aliphatic heterocycles. The summed E-state index contributed by atoms with van der Waals surface area (Å²) in [5.41, 5.74) is -0.226. The Labute approximate surface area is 191 Å². The van der Waals surface area contributed by atoms with E-state index in [1.807, 2.05) is 0 Å². The lowest BCUT2D eigenvalue weighted by atomic mass is 9.81. The minimum absolute atomic E-state index is 0.0379. The minimum Gasteiger partial charge on any atom is -0.373 e. The van der Waals surface area contributed by atoms with E-state index in [-0.39, 0.29) is 18.5 Å². The molecule has 1 aromatic carbocycles. The predicted octanol–water partition coefficient (Wildman–Crippen LogP) is 6.30. The van der Waals surface area contributed by atoms with E-state index in [1.54, 1.807) is 18.2 Å². The van der Waals surface area contributed by atoms with Crippen LogP contribution in [0.15, 0.2) is 22.7 Å². The summed E-state index contributed by atoms with van der Waals surface area (Å²) in [6, 6.07) is 5.20. The van der Waals surface area contributed by atoms with Crippen LogP contribution in [0.3, 0.4) is 0 Å². The maximum absolute atomic E-state index is 14.9. The number of alkyl halides is 1. The van der Waals surface area contributed by atoms with Crippen molar-refractivity contribution in [2.24, 2.45) is 11.8 Å². The van der Waals surface area contributed by atoms with Crippen LogP contribution < -0.4 is 0 Å². The van der Waals surface area contributed by atoms with Crippen LogP contribution in [0, 0.1) is 11.8 Å². The third kappa shape index (κ3) is 3.70. The monoisotopic (exact) mass is 469 g/mol.